The van der Waals surface area contributed by atoms with Crippen LogP contribution in [-0.4, -0.2) is 20.8 Å². The van der Waals surface area contributed by atoms with Gasteiger partial charge in [-0.2, -0.15) is 0 Å². The number of hydrogen-bond acceptors (Lipinski definition) is 2. The van der Waals surface area contributed by atoms with E-state index >= 15 is 0 Å². The summed E-state index contributed by atoms with van der Waals surface area (Å²) in [6.07, 6.45) is 7.87. The first-order chi connectivity index (χ1) is 7.06. The molecule has 1 atom stereocenters. The highest BCUT2D eigenvalue weighted by Gasteiger charge is 2.35. The Morgan fingerprint density at radius 3 is 2.87 bits per heavy atom. The number of unbranched alkanes of at least 4 members (excludes halogenated alkanes) is 2. The van der Waals surface area contributed by atoms with E-state index in [1.165, 1.54) is 12.8 Å². The molecule has 0 N–H and O–H groups in total. The van der Waals surface area contributed by atoms with Gasteiger partial charge in [-0.1, -0.05) is 32.8 Å². The van der Waals surface area contributed by atoms with Crippen molar-refractivity contribution in [3.8, 4) is 0 Å². The molecule has 1 rings (SSSR count). The van der Waals surface area contributed by atoms with Gasteiger partial charge in [0.15, 0.2) is 5.90 Å². The lowest BCUT2D eigenvalue weighted by Gasteiger charge is -2.33. The predicted octanol–water partition coefficient (Wildman–Crippen LogP) is 3.76. The molecule has 0 radical (unpaired) electrons. The largest absolute Gasteiger partial charge is 0.531 e. The summed E-state index contributed by atoms with van der Waals surface area (Å²) in [6, 6.07) is 0. The maximum atomic E-state index is 5.97. The molecular weight excluding hydrogens is 202 g/mol. The third-order valence-electron chi connectivity index (χ3n) is 3.06. The van der Waals surface area contributed by atoms with Crippen LogP contribution in [0.25, 0.3) is 0 Å². The van der Waals surface area contributed by atoms with Gasteiger partial charge in [-0.3, -0.25) is 4.99 Å². The molecule has 0 aromatic carbocycles. The van der Waals surface area contributed by atoms with Gasteiger partial charge in [0.2, 0.25) is 0 Å². The molecule has 1 heterocycles. The van der Waals surface area contributed by atoms with Crippen LogP contribution in [0.3, 0.4) is 0 Å². The minimum absolute atomic E-state index is 0.630. The molecule has 0 aliphatic carbocycles. The van der Waals surface area contributed by atoms with Crippen LogP contribution in [-0.2, 0) is 4.43 Å². The second-order valence-electron chi connectivity index (χ2n) is 4.83. The average molecular weight is 225 g/mol. The Labute approximate surface area is 94.6 Å². The highest BCUT2D eigenvalue weighted by molar-refractivity contribution is 6.74. The lowest BCUT2D eigenvalue weighted by molar-refractivity contribution is 0.500. The Morgan fingerprint density at radius 2 is 2.27 bits per heavy atom. The van der Waals surface area contributed by atoms with Crippen molar-refractivity contribution in [2.45, 2.75) is 51.7 Å². The third kappa shape index (κ3) is 3.82. The standard InChI is InChI=1S/C12H23NOSi/c1-5-6-7-8-9-12-13-10-11(2)15(3,4)14-12/h8-9,11H,5-7,10H2,1-4H3. The van der Waals surface area contributed by atoms with Crippen LogP contribution < -0.4 is 0 Å². The number of hydrogen-bond donors (Lipinski definition) is 0. The van der Waals surface area contributed by atoms with Crippen molar-refractivity contribution in [3.05, 3.63) is 12.2 Å². The van der Waals surface area contributed by atoms with Crippen molar-refractivity contribution in [2.24, 2.45) is 4.99 Å². The molecule has 3 heteroatoms. The Morgan fingerprint density at radius 1 is 1.53 bits per heavy atom. The van der Waals surface area contributed by atoms with Gasteiger partial charge in [0, 0.05) is 12.1 Å². The van der Waals surface area contributed by atoms with E-state index in [2.05, 4.69) is 44.1 Å². The van der Waals surface area contributed by atoms with E-state index in [4.69, 9.17) is 4.43 Å². The van der Waals surface area contributed by atoms with E-state index in [0.29, 0.717) is 5.54 Å². The van der Waals surface area contributed by atoms with Gasteiger partial charge in [-0.05, 0) is 25.6 Å². The first-order valence-corrected chi connectivity index (χ1v) is 8.95. The first kappa shape index (κ1) is 12.5. The maximum Gasteiger partial charge on any atom is 0.251 e. The first-order valence-electron chi connectivity index (χ1n) is 5.96. The fraction of sp³-hybridized carbons (Fsp3) is 0.750. The fourth-order valence-corrected chi connectivity index (χ4v) is 2.85. The maximum absolute atomic E-state index is 5.97. The molecule has 0 bridgehead atoms. The lowest BCUT2D eigenvalue weighted by atomic mass is 10.2. The Kier molecular flexibility index (Phi) is 4.58. The van der Waals surface area contributed by atoms with Crippen LogP contribution in [0.15, 0.2) is 17.1 Å². The molecule has 15 heavy (non-hydrogen) atoms. The number of rotatable bonds is 4. The molecule has 0 aromatic heterocycles. The van der Waals surface area contributed by atoms with Crippen molar-refractivity contribution < 1.29 is 4.43 Å². The zero-order chi connectivity index (χ0) is 11.3. The van der Waals surface area contributed by atoms with Crippen molar-refractivity contribution in [1.82, 2.24) is 0 Å². The summed E-state index contributed by atoms with van der Waals surface area (Å²) < 4.78 is 5.97. The number of nitrogens with zero attached hydrogens (tertiary/aromatic N) is 1. The van der Waals surface area contributed by atoms with Gasteiger partial charge in [0.05, 0.1) is 0 Å². The summed E-state index contributed by atoms with van der Waals surface area (Å²) in [6.45, 7) is 9.93. The molecule has 0 spiro atoms. The third-order valence-corrected chi connectivity index (χ3v) is 6.35. The van der Waals surface area contributed by atoms with Crippen LogP contribution in [0.2, 0.25) is 18.6 Å². The molecule has 2 nitrogen and oxygen atoms in total. The Hall–Kier alpha value is -0.573. The summed E-state index contributed by atoms with van der Waals surface area (Å²) in [4.78, 5) is 4.45. The highest BCUT2D eigenvalue weighted by Crippen LogP contribution is 2.26. The van der Waals surface area contributed by atoms with E-state index in [0.717, 1.165) is 18.9 Å². The van der Waals surface area contributed by atoms with E-state index in [-0.39, 0.29) is 0 Å². The monoisotopic (exact) mass is 225 g/mol. The van der Waals surface area contributed by atoms with Gasteiger partial charge in [0.25, 0.3) is 8.32 Å². The van der Waals surface area contributed by atoms with Crippen LogP contribution in [0.1, 0.15) is 33.1 Å². The van der Waals surface area contributed by atoms with E-state index in [1.807, 2.05) is 0 Å². The molecular formula is C12H23NOSi. The summed E-state index contributed by atoms with van der Waals surface area (Å²) in [7, 11) is -1.51. The van der Waals surface area contributed by atoms with Crippen LogP contribution >= 0.6 is 0 Å². The van der Waals surface area contributed by atoms with Crippen LogP contribution in [0.4, 0.5) is 0 Å². The highest BCUT2D eigenvalue weighted by atomic mass is 28.4. The minimum Gasteiger partial charge on any atom is -0.531 e. The van der Waals surface area contributed by atoms with Crippen molar-refractivity contribution in [2.75, 3.05) is 6.54 Å². The molecule has 0 amide bonds. The van der Waals surface area contributed by atoms with E-state index < -0.39 is 8.32 Å². The molecule has 0 saturated heterocycles. The molecule has 0 fully saturated rings. The predicted molar refractivity (Wildman–Crippen MR) is 69.0 cm³/mol. The Bertz CT molecular complexity index is 258. The van der Waals surface area contributed by atoms with Gasteiger partial charge in [-0.15, -0.1) is 0 Å². The van der Waals surface area contributed by atoms with Gasteiger partial charge >= 0.3 is 0 Å². The molecule has 86 valence electrons. The Balaban J connectivity index is 2.47. The second-order valence-corrected chi connectivity index (χ2v) is 9.23. The summed E-state index contributed by atoms with van der Waals surface area (Å²) in [5.41, 5.74) is 0.630. The molecule has 1 unspecified atom stereocenters. The lowest BCUT2D eigenvalue weighted by Crippen LogP contribution is -2.41. The van der Waals surface area contributed by atoms with E-state index in [1.54, 1.807) is 0 Å². The quantitative estimate of drug-likeness (QED) is 0.527. The van der Waals surface area contributed by atoms with Crippen molar-refractivity contribution in [3.63, 3.8) is 0 Å². The summed E-state index contributed by atoms with van der Waals surface area (Å²) in [5, 5.41) is 0. The van der Waals surface area contributed by atoms with Crippen LogP contribution in [0.5, 0.6) is 0 Å². The minimum atomic E-state index is -1.51. The van der Waals surface area contributed by atoms with Gasteiger partial charge < -0.3 is 4.43 Å². The topological polar surface area (TPSA) is 21.6 Å². The normalized spacial score (nSPS) is 25.1. The van der Waals surface area contributed by atoms with Gasteiger partial charge in [-0.25, -0.2) is 0 Å². The molecule has 1 aliphatic heterocycles. The van der Waals surface area contributed by atoms with E-state index in [9.17, 15) is 0 Å². The SMILES string of the molecule is CCCCC=CC1=NCC(C)[Si](C)(C)O1. The fourth-order valence-electron chi connectivity index (χ4n) is 1.44. The zero-order valence-corrected chi connectivity index (χ0v) is 11.4. The van der Waals surface area contributed by atoms with Crippen molar-refractivity contribution in [1.29, 1.82) is 0 Å². The average Bonchev–Trinajstić information content (AvgIpc) is 2.18. The smallest absolute Gasteiger partial charge is 0.251 e. The summed E-state index contributed by atoms with van der Waals surface area (Å²) in [5.74, 6) is 0.862. The zero-order valence-electron chi connectivity index (χ0n) is 10.4. The van der Waals surface area contributed by atoms with Crippen molar-refractivity contribution >= 4 is 14.2 Å². The number of allylic oxidation sites excluding steroid dienone is 1. The van der Waals surface area contributed by atoms with Crippen LogP contribution in [0, 0.1) is 0 Å². The summed E-state index contributed by atoms with van der Waals surface area (Å²) >= 11 is 0. The number of aliphatic imine (C=N–C) groups is 1. The molecule has 0 saturated carbocycles. The van der Waals surface area contributed by atoms with Gasteiger partial charge in [0.1, 0.15) is 0 Å². The second kappa shape index (κ2) is 5.49. The molecule has 1 aliphatic rings. The molecule has 0 aromatic rings.